The highest BCUT2D eigenvalue weighted by Crippen LogP contribution is 2.41. The van der Waals surface area contributed by atoms with Gasteiger partial charge in [0.25, 0.3) is 0 Å². The average molecular weight is 447 g/mol. The zero-order valence-electron chi connectivity index (χ0n) is 20.8. The number of benzene rings is 2. The molecule has 1 fully saturated rings. The summed E-state index contributed by atoms with van der Waals surface area (Å²) in [7, 11) is 0. The molecule has 0 spiro atoms. The molecule has 4 rings (SSSR count). The van der Waals surface area contributed by atoms with Gasteiger partial charge in [-0.2, -0.15) is 5.10 Å². The van der Waals surface area contributed by atoms with Crippen LogP contribution in [-0.2, 0) is 13.0 Å². The van der Waals surface area contributed by atoms with Gasteiger partial charge in [0.1, 0.15) is 11.5 Å². The minimum Gasteiger partial charge on any atom is -0.268 e. The first kappa shape index (κ1) is 23.7. The van der Waals surface area contributed by atoms with Crippen molar-refractivity contribution in [1.29, 1.82) is 0 Å². The Morgan fingerprint density at radius 3 is 2.27 bits per heavy atom. The van der Waals surface area contributed by atoms with Crippen LogP contribution in [0.3, 0.4) is 0 Å². The summed E-state index contributed by atoms with van der Waals surface area (Å²) in [4.78, 5) is 0. The Labute approximate surface area is 199 Å². The van der Waals surface area contributed by atoms with Gasteiger partial charge >= 0.3 is 0 Å². The summed E-state index contributed by atoms with van der Waals surface area (Å²) in [6, 6.07) is 16.2. The van der Waals surface area contributed by atoms with Crippen LogP contribution in [0.5, 0.6) is 0 Å². The fourth-order valence-electron chi connectivity index (χ4n) is 5.57. The number of halogens is 1. The summed E-state index contributed by atoms with van der Waals surface area (Å²) in [5.41, 5.74) is 5.61. The zero-order chi connectivity index (χ0) is 23.4. The monoisotopic (exact) mass is 446 g/mol. The molecule has 0 saturated heterocycles. The van der Waals surface area contributed by atoms with Crippen LogP contribution in [-0.4, -0.2) is 9.78 Å². The molecule has 0 atom stereocenters. The van der Waals surface area contributed by atoms with E-state index in [-0.39, 0.29) is 11.7 Å². The SMILES string of the molecule is CCCc1cccc(-c2c(-c3ccccc3)nn(CC3CCC(CC)CC3)c2C(C)C)c1F. The van der Waals surface area contributed by atoms with Gasteiger partial charge in [0.2, 0.25) is 0 Å². The van der Waals surface area contributed by atoms with E-state index in [1.165, 1.54) is 37.8 Å². The summed E-state index contributed by atoms with van der Waals surface area (Å²) < 4.78 is 18.0. The molecule has 33 heavy (non-hydrogen) atoms. The maximum Gasteiger partial charge on any atom is 0.134 e. The predicted molar refractivity (Wildman–Crippen MR) is 137 cm³/mol. The molecule has 1 saturated carbocycles. The molecule has 176 valence electrons. The van der Waals surface area contributed by atoms with Crippen LogP contribution in [0.25, 0.3) is 22.4 Å². The van der Waals surface area contributed by atoms with Crippen LogP contribution in [0.1, 0.15) is 83.4 Å². The molecule has 1 heterocycles. The molecule has 0 amide bonds. The number of aromatic nitrogens is 2. The van der Waals surface area contributed by atoms with Crippen LogP contribution in [0, 0.1) is 17.7 Å². The lowest BCUT2D eigenvalue weighted by molar-refractivity contribution is 0.240. The number of rotatable bonds is 8. The van der Waals surface area contributed by atoms with Gasteiger partial charge in [0, 0.05) is 28.9 Å². The maximum atomic E-state index is 15.8. The van der Waals surface area contributed by atoms with Crippen molar-refractivity contribution in [3.63, 3.8) is 0 Å². The molecule has 1 aliphatic rings. The van der Waals surface area contributed by atoms with E-state index >= 15 is 4.39 Å². The first-order chi connectivity index (χ1) is 16.0. The second-order valence-corrected chi connectivity index (χ2v) is 10.1. The Kier molecular flexibility index (Phi) is 7.67. The third-order valence-corrected chi connectivity index (χ3v) is 7.43. The number of hydrogen-bond acceptors (Lipinski definition) is 1. The minimum absolute atomic E-state index is 0.0820. The Morgan fingerprint density at radius 1 is 0.939 bits per heavy atom. The summed E-state index contributed by atoms with van der Waals surface area (Å²) in [5.74, 6) is 1.71. The molecule has 1 aromatic heterocycles. The molecule has 2 nitrogen and oxygen atoms in total. The fraction of sp³-hybridized carbons (Fsp3) is 0.500. The molecular formula is C30H39FN2. The Balaban J connectivity index is 1.83. The molecule has 1 aliphatic carbocycles. The number of aryl methyl sites for hydroxylation is 1. The summed E-state index contributed by atoms with van der Waals surface area (Å²) in [6.07, 6.45) is 8.17. The Hall–Kier alpha value is -2.42. The van der Waals surface area contributed by atoms with E-state index in [0.717, 1.165) is 47.7 Å². The van der Waals surface area contributed by atoms with Crippen LogP contribution in [0.2, 0.25) is 0 Å². The zero-order valence-corrected chi connectivity index (χ0v) is 20.8. The second kappa shape index (κ2) is 10.7. The maximum absolute atomic E-state index is 15.8. The van der Waals surface area contributed by atoms with E-state index in [1.54, 1.807) is 0 Å². The van der Waals surface area contributed by atoms with E-state index < -0.39 is 0 Å². The lowest BCUT2D eigenvalue weighted by atomic mass is 9.81. The smallest absolute Gasteiger partial charge is 0.134 e. The third kappa shape index (κ3) is 5.08. The highest BCUT2D eigenvalue weighted by Gasteiger charge is 2.28. The average Bonchev–Trinajstić information content (AvgIpc) is 3.21. The predicted octanol–water partition coefficient (Wildman–Crippen LogP) is 8.65. The molecular weight excluding hydrogens is 407 g/mol. The van der Waals surface area contributed by atoms with Crippen molar-refractivity contribution in [2.24, 2.45) is 11.8 Å². The van der Waals surface area contributed by atoms with Crippen molar-refractivity contribution in [3.8, 4) is 22.4 Å². The van der Waals surface area contributed by atoms with Gasteiger partial charge in [-0.3, -0.25) is 4.68 Å². The van der Waals surface area contributed by atoms with Crippen LogP contribution >= 0.6 is 0 Å². The highest BCUT2D eigenvalue weighted by molar-refractivity contribution is 5.83. The van der Waals surface area contributed by atoms with Gasteiger partial charge in [-0.05, 0) is 42.6 Å². The quantitative estimate of drug-likeness (QED) is 0.338. The standard InChI is InChI=1S/C30H39FN2/c1-5-11-24-14-10-15-26(28(24)31)27-29(25-12-8-7-9-13-25)32-33(30(27)21(3)4)20-23-18-16-22(6-2)17-19-23/h7-10,12-15,21-23H,5-6,11,16-20H2,1-4H3. The van der Waals surface area contributed by atoms with Crippen LogP contribution < -0.4 is 0 Å². The molecule has 0 N–H and O–H groups in total. The summed E-state index contributed by atoms with van der Waals surface area (Å²) in [5, 5.41) is 5.18. The Bertz CT molecular complexity index is 1040. The third-order valence-electron chi connectivity index (χ3n) is 7.43. The van der Waals surface area contributed by atoms with Gasteiger partial charge in [-0.25, -0.2) is 4.39 Å². The molecule has 0 unspecified atom stereocenters. The number of nitrogens with zero attached hydrogens (tertiary/aromatic N) is 2. The fourth-order valence-corrected chi connectivity index (χ4v) is 5.57. The lowest BCUT2D eigenvalue weighted by Crippen LogP contribution is -2.20. The van der Waals surface area contributed by atoms with E-state index in [2.05, 4.69) is 44.5 Å². The minimum atomic E-state index is -0.0820. The van der Waals surface area contributed by atoms with Crippen molar-refractivity contribution in [3.05, 3.63) is 65.6 Å². The first-order valence-corrected chi connectivity index (χ1v) is 13.0. The molecule has 0 aliphatic heterocycles. The molecule has 0 bridgehead atoms. The summed E-state index contributed by atoms with van der Waals surface area (Å²) >= 11 is 0. The van der Waals surface area contributed by atoms with E-state index in [4.69, 9.17) is 5.10 Å². The largest absolute Gasteiger partial charge is 0.268 e. The lowest BCUT2D eigenvalue weighted by Gasteiger charge is -2.28. The first-order valence-electron chi connectivity index (χ1n) is 13.0. The van der Waals surface area contributed by atoms with Crippen molar-refractivity contribution in [2.45, 2.75) is 85.1 Å². The van der Waals surface area contributed by atoms with Gasteiger partial charge < -0.3 is 0 Å². The number of hydrogen-bond donors (Lipinski definition) is 0. The highest BCUT2D eigenvalue weighted by atomic mass is 19.1. The van der Waals surface area contributed by atoms with Gasteiger partial charge in [0.15, 0.2) is 0 Å². The molecule has 2 aromatic carbocycles. The van der Waals surface area contributed by atoms with E-state index in [9.17, 15) is 0 Å². The topological polar surface area (TPSA) is 17.8 Å². The van der Waals surface area contributed by atoms with E-state index in [1.807, 2.05) is 36.4 Å². The van der Waals surface area contributed by atoms with E-state index in [0.29, 0.717) is 11.5 Å². The summed E-state index contributed by atoms with van der Waals surface area (Å²) in [6.45, 7) is 9.78. The van der Waals surface area contributed by atoms with Crippen molar-refractivity contribution < 1.29 is 4.39 Å². The van der Waals surface area contributed by atoms with Gasteiger partial charge in [-0.1, -0.05) is 102 Å². The normalized spacial score (nSPS) is 18.7. The van der Waals surface area contributed by atoms with Gasteiger partial charge in [0.05, 0.1) is 0 Å². The van der Waals surface area contributed by atoms with Crippen LogP contribution in [0.15, 0.2) is 48.5 Å². The Morgan fingerprint density at radius 2 is 1.64 bits per heavy atom. The van der Waals surface area contributed by atoms with Crippen molar-refractivity contribution in [1.82, 2.24) is 9.78 Å². The molecule has 0 radical (unpaired) electrons. The molecule has 3 aromatic rings. The van der Waals surface area contributed by atoms with Crippen molar-refractivity contribution in [2.75, 3.05) is 0 Å². The molecule has 3 heteroatoms. The van der Waals surface area contributed by atoms with Crippen LogP contribution in [0.4, 0.5) is 4.39 Å². The van der Waals surface area contributed by atoms with Crippen molar-refractivity contribution >= 4 is 0 Å². The second-order valence-electron chi connectivity index (χ2n) is 10.1. The van der Waals surface area contributed by atoms with Gasteiger partial charge in [-0.15, -0.1) is 0 Å².